The van der Waals surface area contributed by atoms with E-state index in [2.05, 4.69) is 5.32 Å². The van der Waals surface area contributed by atoms with Crippen LogP contribution in [-0.2, 0) is 16.1 Å². The van der Waals surface area contributed by atoms with Gasteiger partial charge in [-0.25, -0.2) is 4.79 Å². The van der Waals surface area contributed by atoms with Gasteiger partial charge in [-0.1, -0.05) is 20.3 Å². The summed E-state index contributed by atoms with van der Waals surface area (Å²) in [4.78, 5) is 34.7. The van der Waals surface area contributed by atoms with Gasteiger partial charge in [0.15, 0.2) is 0 Å². The van der Waals surface area contributed by atoms with Crippen molar-refractivity contribution in [2.45, 2.75) is 52.6 Å². The molecule has 0 saturated heterocycles. The van der Waals surface area contributed by atoms with E-state index in [9.17, 15) is 14.4 Å². The minimum absolute atomic E-state index is 0.0941. The summed E-state index contributed by atoms with van der Waals surface area (Å²) in [6.07, 6.45) is 3.06. The van der Waals surface area contributed by atoms with Gasteiger partial charge in [0, 0.05) is 25.2 Å². The zero-order chi connectivity index (χ0) is 16.7. The molecule has 1 rings (SSSR count). The maximum atomic E-state index is 11.8. The number of hydrogen-bond donors (Lipinski definition) is 2. The van der Waals surface area contributed by atoms with Gasteiger partial charge in [0.1, 0.15) is 6.04 Å². The van der Waals surface area contributed by atoms with Gasteiger partial charge in [-0.3, -0.25) is 9.59 Å². The Morgan fingerprint density at radius 3 is 2.64 bits per heavy atom. The van der Waals surface area contributed by atoms with Gasteiger partial charge in [-0.2, -0.15) is 0 Å². The first kappa shape index (κ1) is 17.9. The van der Waals surface area contributed by atoms with Crippen LogP contribution in [0.1, 0.15) is 38.7 Å². The van der Waals surface area contributed by atoms with Crippen LogP contribution in [0.4, 0.5) is 0 Å². The van der Waals surface area contributed by atoms with Crippen molar-refractivity contribution in [1.82, 2.24) is 9.88 Å². The fourth-order valence-corrected chi connectivity index (χ4v) is 2.13. The number of hydrogen-bond acceptors (Lipinski definition) is 3. The Labute approximate surface area is 130 Å². The van der Waals surface area contributed by atoms with E-state index >= 15 is 0 Å². The molecule has 1 amide bonds. The van der Waals surface area contributed by atoms with Crippen LogP contribution < -0.4 is 10.9 Å². The minimum Gasteiger partial charge on any atom is -0.480 e. The van der Waals surface area contributed by atoms with Crippen LogP contribution in [0.2, 0.25) is 0 Å². The Hall–Kier alpha value is -2.11. The number of rotatable bonds is 8. The zero-order valence-electron chi connectivity index (χ0n) is 13.3. The third-order valence-electron chi connectivity index (χ3n) is 3.75. The van der Waals surface area contributed by atoms with Crippen LogP contribution in [0.15, 0.2) is 23.1 Å². The van der Waals surface area contributed by atoms with Crippen molar-refractivity contribution in [2.75, 3.05) is 0 Å². The predicted molar refractivity (Wildman–Crippen MR) is 83.7 cm³/mol. The van der Waals surface area contributed by atoms with Gasteiger partial charge in [0.2, 0.25) is 5.91 Å². The first-order chi connectivity index (χ1) is 10.3. The van der Waals surface area contributed by atoms with E-state index in [4.69, 9.17) is 5.11 Å². The van der Waals surface area contributed by atoms with Crippen molar-refractivity contribution in [3.8, 4) is 0 Å². The summed E-state index contributed by atoms with van der Waals surface area (Å²) in [5, 5.41) is 11.7. The van der Waals surface area contributed by atoms with Crippen molar-refractivity contribution in [3.63, 3.8) is 0 Å². The molecule has 0 radical (unpaired) electrons. The molecule has 0 fully saturated rings. The average molecular weight is 308 g/mol. The summed E-state index contributed by atoms with van der Waals surface area (Å²) in [5.74, 6) is -1.44. The normalized spacial score (nSPS) is 13.4. The number of aliphatic carboxylic acids is 1. The van der Waals surface area contributed by atoms with E-state index in [0.29, 0.717) is 19.4 Å². The van der Waals surface area contributed by atoms with E-state index in [0.717, 1.165) is 5.56 Å². The summed E-state index contributed by atoms with van der Waals surface area (Å²) in [6.45, 7) is 5.97. The third-order valence-corrected chi connectivity index (χ3v) is 3.75. The highest BCUT2D eigenvalue weighted by atomic mass is 16.4. The van der Waals surface area contributed by atoms with Crippen LogP contribution in [-0.4, -0.2) is 27.6 Å². The number of aryl methyl sites for hydroxylation is 2. The number of carboxylic acids is 1. The fraction of sp³-hybridized carbons (Fsp3) is 0.562. The third kappa shape index (κ3) is 5.35. The molecule has 1 heterocycles. The highest BCUT2D eigenvalue weighted by molar-refractivity contribution is 5.83. The predicted octanol–water partition coefficient (Wildman–Crippen LogP) is 1.55. The van der Waals surface area contributed by atoms with E-state index in [1.54, 1.807) is 23.8 Å². The second-order valence-corrected chi connectivity index (χ2v) is 5.61. The summed E-state index contributed by atoms with van der Waals surface area (Å²) in [6, 6.07) is 2.52. The maximum Gasteiger partial charge on any atom is 0.326 e. The number of carboxylic acid groups (broad SMARTS) is 1. The van der Waals surface area contributed by atoms with E-state index in [1.807, 2.05) is 19.9 Å². The number of carbonyl (C=O) groups excluding carboxylic acids is 1. The van der Waals surface area contributed by atoms with Crippen molar-refractivity contribution in [2.24, 2.45) is 5.92 Å². The molecule has 0 bridgehead atoms. The summed E-state index contributed by atoms with van der Waals surface area (Å²) < 4.78 is 1.55. The highest BCUT2D eigenvalue weighted by Gasteiger charge is 2.24. The van der Waals surface area contributed by atoms with E-state index < -0.39 is 12.0 Å². The molecule has 0 aliphatic rings. The number of pyridine rings is 1. The van der Waals surface area contributed by atoms with Crippen molar-refractivity contribution < 1.29 is 14.7 Å². The van der Waals surface area contributed by atoms with Crippen LogP contribution in [0.25, 0.3) is 0 Å². The van der Waals surface area contributed by atoms with Crippen LogP contribution >= 0.6 is 0 Å². The Kier molecular flexibility index (Phi) is 6.82. The Morgan fingerprint density at radius 2 is 2.09 bits per heavy atom. The van der Waals surface area contributed by atoms with Gasteiger partial charge in [-0.05, 0) is 30.9 Å². The molecule has 22 heavy (non-hydrogen) atoms. The van der Waals surface area contributed by atoms with E-state index in [-0.39, 0.29) is 23.8 Å². The Morgan fingerprint density at radius 1 is 1.41 bits per heavy atom. The molecular formula is C16H24N2O4. The van der Waals surface area contributed by atoms with Gasteiger partial charge < -0.3 is 15.0 Å². The van der Waals surface area contributed by atoms with Crippen LogP contribution in [0, 0.1) is 12.8 Å². The minimum atomic E-state index is -1.02. The van der Waals surface area contributed by atoms with Crippen LogP contribution in [0.5, 0.6) is 0 Å². The highest BCUT2D eigenvalue weighted by Crippen LogP contribution is 2.08. The molecule has 2 atom stereocenters. The molecular weight excluding hydrogens is 284 g/mol. The average Bonchev–Trinajstić information content (AvgIpc) is 2.46. The Balaban J connectivity index is 2.48. The lowest BCUT2D eigenvalue weighted by Crippen LogP contribution is -2.45. The molecule has 0 spiro atoms. The first-order valence-corrected chi connectivity index (χ1v) is 7.54. The fourth-order valence-electron chi connectivity index (χ4n) is 2.13. The lowest BCUT2D eigenvalue weighted by Gasteiger charge is -2.20. The monoisotopic (exact) mass is 308 g/mol. The number of aromatic nitrogens is 1. The standard InChI is InChI=1S/C16H24N2O4/c1-4-12(3)15(16(21)22)17-13(19)6-5-8-18-9-7-11(2)10-14(18)20/h7,9-10,12,15H,4-6,8H2,1-3H3,(H,17,19)(H,21,22). The molecule has 1 aromatic rings. The van der Waals surface area contributed by atoms with Gasteiger partial charge in [0.05, 0.1) is 0 Å². The number of carbonyl (C=O) groups is 2. The van der Waals surface area contributed by atoms with Crippen molar-refractivity contribution in [3.05, 3.63) is 34.2 Å². The summed E-state index contributed by atoms with van der Waals surface area (Å²) >= 11 is 0. The molecule has 0 aliphatic carbocycles. The quantitative estimate of drug-likeness (QED) is 0.762. The molecule has 0 aliphatic heterocycles. The van der Waals surface area contributed by atoms with Crippen molar-refractivity contribution in [1.29, 1.82) is 0 Å². The smallest absolute Gasteiger partial charge is 0.326 e. The number of amides is 1. The molecule has 0 saturated carbocycles. The topological polar surface area (TPSA) is 88.4 Å². The molecule has 6 nitrogen and oxygen atoms in total. The van der Waals surface area contributed by atoms with E-state index in [1.165, 1.54) is 0 Å². The molecule has 2 N–H and O–H groups in total. The molecule has 122 valence electrons. The SMILES string of the molecule is CCC(C)C(NC(=O)CCCn1ccc(C)cc1=O)C(=O)O. The first-order valence-electron chi connectivity index (χ1n) is 7.54. The second-order valence-electron chi connectivity index (χ2n) is 5.61. The number of nitrogens with zero attached hydrogens (tertiary/aromatic N) is 1. The van der Waals surface area contributed by atoms with Crippen molar-refractivity contribution >= 4 is 11.9 Å². The van der Waals surface area contributed by atoms with Gasteiger partial charge in [-0.15, -0.1) is 0 Å². The van der Waals surface area contributed by atoms with Gasteiger partial charge >= 0.3 is 5.97 Å². The second kappa shape index (κ2) is 8.36. The lowest BCUT2D eigenvalue weighted by atomic mass is 9.99. The summed E-state index contributed by atoms with van der Waals surface area (Å²) in [7, 11) is 0. The maximum absolute atomic E-state index is 11.8. The zero-order valence-corrected chi connectivity index (χ0v) is 13.3. The van der Waals surface area contributed by atoms with Gasteiger partial charge in [0.25, 0.3) is 5.56 Å². The van der Waals surface area contributed by atoms with Crippen LogP contribution in [0.3, 0.4) is 0 Å². The molecule has 1 aromatic heterocycles. The largest absolute Gasteiger partial charge is 0.480 e. The molecule has 2 unspecified atom stereocenters. The lowest BCUT2D eigenvalue weighted by molar-refractivity contribution is -0.143. The summed E-state index contributed by atoms with van der Waals surface area (Å²) in [5.41, 5.74) is 0.806. The molecule has 6 heteroatoms. The number of nitrogens with one attached hydrogen (secondary N) is 1. The molecule has 0 aromatic carbocycles. The Bertz CT molecular complexity index is 580.